The Morgan fingerprint density at radius 3 is 2.56 bits per heavy atom. The van der Waals surface area contributed by atoms with Gasteiger partial charge in [0.1, 0.15) is 11.3 Å². The number of benzene rings is 1. The van der Waals surface area contributed by atoms with E-state index in [1.54, 1.807) is 6.07 Å². The van der Waals surface area contributed by atoms with E-state index in [0.29, 0.717) is 18.4 Å². The Balaban J connectivity index is 2.59. The summed E-state index contributed by atoms with van der Waals surface area (Å²) in [4.78, 5) is 14.2. The number of isocyanates is 1. The van der Waals surface area contributed by atoms with Gasteiger partial charge in [0.2, 0.25) is 6.08 Å². The van der Waals surface area contributed by atoms with Crippen molar-refractivity contribution in [1.29, 1.82) is 0 Å². The smallest absolute Gasteiger partial charge is 0.274 e. The lowest BCUT2D eigenvalue weighted by Crippen LogP contribution is -2.13. The lowest BCUT2D eigenvalue weighted by Gasteiger charge is -2.20. The predicted octanol–water partition coefficient (Wildman–Crippen LogP) is 3.13. The van der Waals surface area contributed by atoms with Gasteiger partial charge in [0.15, 0.2) is 0 Å². The molecule has 18 heavy (non-hydrogen) atoms. The number of para-hydroxylation sites is 1. The monoisotopic (exact) mass is 253 g/mol. The van der Waals surface area contributed by atoms with E-state index in [-0.39, 0.29) is 11.3 Å². The zero-order valence-electron chi connectivity index (χ0n) is 10.2. The first-order chi connectivity index (χ1) is 8.44. The molecule has 1 aliphatic rings. The molecule has 0 N–H and O–H groups in total. The molecule has 1 aromatic rings. The lowest BCUT2D eigenvalue weighted by molar-refractivity contribution is 0.0149. The molecule has 2 rings (SSSR count). The number of hydrogen-bond acceptors (Lipinski definition) is 3. The Labute approximate surface area is 103 Å². The van der Waals surface area contributed by atoms with Crippen LogP contribution in [0.4, 0.5) is 8.78 Å². The zero-order valence-corrected chi connectivity index (χ0v) is 10.2. The Morgan fingerprint density at radius 1 is 1.44 bits per heavy atom. The minimum absolute atomic E-state index is 0.113. The van der Waals surface area contributed by atoms with Gasteiger partial charge in [-0.05, 0) is 18.9 Å². The number of hydrogen-bond donors (Lipinski definition) is 0. The Hall–Kier alpha value is -1.74. The van der Waals surface area contributed by atoms with E-state index in [9.17, 15) is 13.6 Å². The molecule has 96 valence electrons. The number of nitrogens with zero attached hydrogens (tertiary/aromatic N) is 1. The van der Waals surface area contributed by atoms with E-state index in [4.69, 9.17) is 4.74 Å². The molecule has 0 aromatic heterocycles. The first kappa shape index (κ1) is 12.7. The molecule has 0 amide bonds. The third-order valence-corrected chi connectivity index (χ3v) is 3.18. The van der Waals surface area contributed by atoms with E-state index >= 15 is 0 Å². The fraction of sp³-hybridized carbons (Fsp3) is 0.462. The van der Waals surface area contributed by atoms with Gasteiger partial charge in [-0.3, -0.25) is 0 Å². The average Bonchev–Trinajstić information content (AvgIpc) is 3.08. The van der Waals surface area contributed by atoms with Gasteiger partial charge < -0.3 is 4.74 Å². The van der Waals surface area contributed by atoms with Crippen molar-refractivity contribution in [3.05, 3.63) is 29.3 Å². The number of rotatable bonds is 4. The Morgan fingerprint density at radius 2 is 2.11 bits per heavy atom. The molecule has 3 nitrogen and oxygen atoms in total. The van der Waals surface area contributed by atoms with Gasteiger partial charge in [0.25, 0.3) is 5.92 Å². The molecule has 0 unspecified atom stereocenters. The minimum Gasteiger partial charge on any atom is -0.496 e. The van der Waals surface area contributed by atoms with Gasteiger partial charge in [-0.25, -0.2) is 13.6 Å². The van der Waals surface area contributed by atoms with Gasteiger partial charge in [0.05, 0.1) is 12.7 Å². The highest BCUT2D eigenvalue weighted by atomic mass is 19.3. The van der Waals surface area contributed by atoms with Crippen LogP contribution in [0, 0.1) is 0 Å². The van der Waals surface area contributed by atoms with Crippen LogP contribution >= 0.6 is 0 Å². The predicted molar refractivity (Wildman–Crippen MR) is 61.6 cm³/mol. The van der Waals surface area contributed by atoms with Crippen molar-refractivity contribution in [2.24, 2.45) is 4.99 Å². The number of halogens is 2. The van der Waals surface area contributed by atoms with E-state index < -0.39 is 11.5 Å². The van der Waals surface area contributed by atoms with Crippen LogP contribution < -0.4 is 4.74 Å². The molecule has 0 heterocycles. The summed E-state index contributed by atoms with van der Waals surface area (Å²) in [5.74, 6) is -2.89. The average molecular weight is 253 g/mol. The fourth-order valence-corrected chi connectivity index (χ4v) is 2.12. The molecule has 0 radical (unpaired) electrons. The second-order valence-corrected chi connectivity index (χ2v) is 4.51. The first-order valence-corrected chi connectivity index (χ1v) is 5.59. The second kappa shape index (κ2) is 4.18. The summed E-state index contributed by atoms with van der Waals surface area (Å²) in [6.45, 7) is 0.817. The molecule has 1 aromatic carbocycles. The largest absolute Gasteiger partial charge is 0.496 e. The van der Waals surface area contributed by atoms with Crippen molar-refractivity contribution in [3.63, 3.8) is 0 Å². The second-order valence-electron chi connectivity index (χ2n) is 4.51. The van der Waals surface area contributed by atoms with Crippen molar-refractivity contribution in [2.45, 2.75) is 31.2 Å². The lowest BCUT2D eigenvalue weighted by atomic mass is 9.98. The van der Waals surface area contributed by atoms with Crippen molar-refractivity contribution >= 4 is 6.08 Å². The summed E-state index contributed by atoms with van der Waals surface area (Å²) >= 11 is 0. The van der Waals surface area contributed by atoms with Crippen LogP contribution in [0.15, 0.2) is 23.2 Å². The van der Waals surface area contributed by atoms with Crippen molar-refractivity contribution in [3.8, 4) is 5.75 Å². The van der Waals surface area contributed by atoms with Crippen LogP contribution in [0.2, 0.25) is 0 Å². The Bertz CT molecular complexity index is 512. The quantitative estimate of drug-likeness (QED) is 0.610. The van der Waals surface area contributed by atoms with Crippen LogP contribution in [-0.4, -0.2) is 13.2 Å². The number of aliphatic imine (C=N–C) groups is 1. The number of alkyl halides is 2. The van der Waals surface area contributed by atoms with Crippen LogP contribution in [0.5, 0.6) is 5.75 Å². The topological polar surface area (TPSA) is 38.7 Å². The third kappa shape index (κ3) is 2.02. The van der Waals surface area contributed by atoms with Gasteiger partial charge in [0, 0.05) is 12.5 Å². The summed E-state index contributed by atoms with van der Waals surface area (Å²) < 4.78 is 32.1. The number of ether oxygens (including phenoxy) is 1. The highest BCUT2D eigenvalue weighted by Gasteiger charge is 2.48. The molecule has 5 heteroatoms. The Kier molecular flexibility index (Phi) is 2.95. The number of carbonyl (C=O) groups excluding carboxylic acids is 1. The SMILES string of the molecule is COc1c(C(C)(F)F)cccc1C1(N=C=O)CC1. The summed E-state index contributed by atoms with van der Waals surface area (Å²) in [7, 11) is 1.34. The maximum atomic E-state index is 13.5. The first-order valence-electron chi connectivity index (χ1n) is 5.59. The summed E-state index contributed by atoms with van der Waals surface area (Å²) in [5, 5.41) is 0. The number of methoxy groups -OCH3 is 1. The fourth-order valence-electron chi connectivity index (χ4n) is 2.12. The molecular weight excluding hydrogens is 240 g/mol. The molecule has 1 fully saturated rings. The minimum atomic E-state index is -3.00. The molecule has 0 aliphatic heterocycles. The van der Waals surface area contributed by atoms with Gasteiger partial charge >= 0.3 is 0 Å². The van der Waals surface area contributed by atoms with Gasteiger partial charge in [-0.15, -0.1) is 0 Å². The maximum Gasteiger partial charge on any atom is 0.274 e. The highest BCUT2D eigenvalue weighted by molar-refractivity contribution is 5.51. The van der Waals surface area contributed by atoms with E-state index in [1.165, 1.54) is 25.3 Å². The van der Waals surface area contributed by atoms with Crippen molar-refractivity contribution in [1.82, 2.24) is 0 Å². The molecule has 0 spiro atoms. The maximum absolute atomic E-state index is 13.5. The standard InChI is InChI=1S/C13H13F2NO2/c1-12(14,15)9-4-3-5-10(11(9)18-2)13(6-7-13)16-8-17/h3-5H,6-7H2,1-2H3. The van der Waals surface area contributed by atoms with E-state index in [1.807, 2.05) is 0 Å². The highest BCUT2D eigenvalue weighted by Crippen LogP contribution is 2.54. The normalized spacial score (nSPS) is 16.9. The van der Waals surface area contributed by atoms with Crippen molar-refractivity contribution in [2.75, 3.05) is 7.11 Å². The molecule has 1 aliphatic carbocycles. The van der Waals surface area contributed by atoms with E-state index in [2.05, 4.69) is 4.99 Å². The molecule has 0 saturated heterocycles. The van der Waals surface area contributed by atoms with Crippen LogP contribution in [0.1, 0.15) is 30.9 Å². The third-order valence-electron chi connectivity index (χ3n) is 3.18. The molecular formula is C13H13F2NO2. The molecule has 0 atom stereocenters. The van der Waals surface area contributed by atoms with Crippen LogP contribution in [0.25, 0.3) is 0 Å². The summed E-state index contributed by atoms with van der Waals surface area (Å²) in [6, 6.07) is 4.52. The zero-order chi connectivity index (χ0) is 13.4. The van der Waals surface area contributed by atoms with Gasteiger partial charge in [-0.1, -0.05) is 12.1 Å². The van der Waals surface area contributed by atoms with Crippen LogP contribution in [-0.2, 0) is 16.3 Å². The summed E-state index contributed by atoms with van der Waals surface area (Å²) in [6.07, 6.45) is 2.81. The van der Waals surface area contributed by atoms with Gasteiger partial charge in [-0.2, -0.15) is 4.99 Å². The van der Waals surface area contributed by atoms with Crippen molar-refractivity contribution < 1.29 is 18.3 Å². The summed E-state index contributed by atoms with van der Waals surface area (Å²) in [5.41, 5.74) is -0.365. The van der Waals surface area contributed by atoms with Crippen LogP contribution in [0.3, 0.4) is 0 Å². The van der Waals surface area contributed by atoms with E-state index in [0.717, 1.165) is 6.92 Å². The molecule has 0 bridgehead atoms. The molecule has 1 saturated carbocycles.